The highest BCUT2D eigenvalue weighted by atomic mass is 16.5. The zero-order chi connectivity index (χ0) is 16.3. The molecule has 22 heavy (non-hydrogen) atoms. The van der Waals surface area contributed by atoms with E-state index in [1.54, 1.807) is 30.3 Å². The molecule has 4 atom stereocenters. The summed E-state index contributed by atoms with van der Waals surface area (Å²) in [6.07, 6.45) is -0.732. The van der Waals surface area contributed by atoms with Crippen LogP contribution >= 0.6 is 0 Å². The van der Waals surface area contributed by atoms with Gasteiger partial charge in [0.15, 0.2) is 0 Å². The van der Waals surface area contributed by atoms with Crippen LogP contribution in [-0.2, 0) is 14.3 Å². The van der Waals surface area contributed by atoms with Gasteiger partial charge in [-0.05, 0) is 12.1 Å². The van der Waals surface area contributed by atoms with Crippen LogP contribution in [-0.4, -0.2) is 40.9 Å². The predicted octanol–water partition coefficient (Wildman–Crippen LogP) is 0.594. The van der Waals surface area contributed by atoms with Crippen molar-refractivity contribution in [2.75, 3.05) is 11.9 Å². The zero-order valence-corrected chi connectivity index (χ0v) is 11.5. The number of anilines is 1. The minimum absolute atomic E-state index is 0.193. The fourth-order valence-corrected chi connectivity index (χ4v) is 2.46. The SMILES string of the molecule is NC(C(=O)O)C1C(COC(=O)Nc2ccccc2)C1C(=O)O. The second kappa shape index (κ2) is 6.44. The van der Waals surface area contributed by atoms with E-state index in [0.29, 0.717) is 5.69 Å². The Bertz CT molecular complexity index is 576. The van der Waals surface area contributed by atoms with Crippen molar-refractivity contribution in [1.29, 1.82) is 0 Å². The van der Waals surface area contributed by atoms with Crippen LogP contribution in [0.4, 0.5) is 10.5 Å². The molecule has 1 fully saturated rings. The molecule has 0 aliphatic heterocycles. The van der Waals surface area contributed by atoms with Gasteiger partial charge in [0.05, 0.1) is 12.5 Å². The highest BCUT2D eigenvalue weighted by Crippen LogP contribution is 2.48. The van der Waals surface area contributed by atoms with E-state index in [-0.39, 0.29) is 6.61 Å². The fraction of sp³-hybridized carbons (Fsp3) is 0.357. The molecule has 1 amide bonds. The Labute approximate surface area is 125 Å². The Balaban J connectivity index is 1.86. The summed E-state index contributed by atoms with van der Waals surface area (Å²) in [4.78, 5) is 33.5. The van der Waals surface area contributed by atoms with Crippen LogP contribution in [0.2, 0.25) is 0 Å². The van der Waals surface area contributed by atoms with Crippen LogP contribution < -0.4 is 11.1 Å². The number of hydrogen-bond donors (Lipinski definition) is 4. The third-order valence-corrected chi connectivity index (χ3v) is 3.64. The largest absolute Gasteiger partial charge is 0.481 e. The van der Waals surface area contributed by atoms with E-state index in [4.69, 9.17) is 20.7 Å². The molecule has 0 saturated heterocycles. The van der Waals surface area contributed by atoms with Crippen molar-refractivity contribution in [3.63, 3.8) is 0 Å². The minimum Gasteiger partial charge on any atom is -0.481 e. The van der Waals surface area contributed by atoms with Crippen molar-refractivity contribution in [3.8, 4) is 0 Å². The average molecular weight is 308 g/mol. The Morgan fingerprint density at radius 2 is 1.86 bits per heavy atom. The number of carbonyl (C=O) groups excluding carboxylic acids is 1. The van der Waals surface area contributed by atoms with Gasteiger partial charge < -0.3 is 20.7 Å². The lowest BCUT2D eigenvalue weighted by Gasteiger charge is -2.07. The molecule has 0 aromatic heterocycles. The van der Waals surface area contributed by atoms with Gasteiger partial charge in [0.1, 0.15) is 6.04 Å². The first-order valence-electron chi connectivity index (χ1n) is 6.62. The standard InChI is InChI=1S/C14H16N2O6/c15-11(13(19)20)9-8(10(9)12(17)18)6-22-14(21)16-7-4-2-1-3-5-7/h1-5,8-11H,6,15H2,(H,16,21)(H,17,18)(H,19,20). The van der Waals surface area contributed by atoms with Gasteiger partial charge in [0.25, 0.3) is 0 Å². The summed E-state index contributed by atoms with van der Waals surface area (Å²) in [5.41, 5.74) is 5.99. The molecule has 0 bridgehead atoms. The molecule has 118 valence electrons. The first-order valence-corrected chi connectivity index (χ1v) is 6.62. The number of ether oxygens (including phenoxy) is 1. The Morgan fingerprint density at radius 1 is 1.23 bits per heavy atom. The lowest BCUT2D eigenvalue weighted by Crippen LogP contribution is -2.34. The highest BCUT2D eigenvalue weighted by Gasteiger charge is 2.60. The van der Waals surface area contributed by atoms with Gasteiger partial charge in [0.2, 0.25) is 0 Å². The van der Waals surface area contributed by atoms with Crippen molar-refractivity contribution in [3.05, 3.63) is 30.3 Å². The van der Waals surface area contributed by atoms with Crippen molar-refractivity contribution in [2.45, 2.75) is 6.04 Å². The molecule has 0 radical (unpaired) electrons. The van der Waals surface area contributed by atoms with Crippen LogP contribution in [0.1, 0.15) is 0 Å². The van der Waals surface area contributed by atoms with E-state index in [1.165, 1.54) is 0 Å². The number of aliphatic carboxylic acids is 2. The van der Waals surface area contributed by atoms with Gasteiger partial charge in [-0.3, -0.25) is 14.9 Å². The van der Waals surface area contributed by atoms with E-state index in [0.717, 1.165) is 0 Å². The molecule has 1 aromatic carbocycles. The number of carbonyl (C=O) groups is 3. The maximum atomic E-state index is 11.6. The second-order valence-corrected chi connectivity index (χ2v) is 5.06. The van der Waals surface area contributed by atoms with Crippen LogP contribution in [0.25, 0.3) is 0 Å². The molecule has 1 aromatic rings. The number of benzene rings is 1. The molecule has 1 saturated carbocycles. The van der Waals surface area contributed by atoms with Gasteiger partial charge in [-0.25, -0.2) is 4.79 Å². The van der Waals surface area contributed by atoms with Gasteiger partial charge >= 0.3 is 18.0 Å². The summed E-state index contributed by atoms with van der Waals surface area (Å²) in [6.45, 7) is -0.193. The summed E-state index contributed by atoms with van der Waals surface area (Å²) >= 11 is 0. The van der Waals surface area contributed by atoms with Crippen LogP contribution in [0.15, 0.2) is 30.3 Å². The Hall–Kier alpha value is -2.61. The molecular weight excluding hydrogens is 292 g/mol. The number of amides is 1. The van der Waals surface area contributed by atoms with Gasteiger partial charge in [-0.1, -0.05) is 18.2 Å². The first-order chi connectivity index (χ1) is 10.4. The molecule has 0 spiro atoms. The monoisotopic (exact) mass is 308 g/mol. The van der Waals surface area contributed by atoms with Crippen molar-refractivity contribution in [2.24, 2.45) is 23.5 Å². The van der Waals surface area contributed by atoms with Crippen molar-refractivity contribution in [1.82, 2.24) is 0 Å². The number of nitrogens with two attached hydrogens (primary N) is 1. The lowest BCUT2D eigenvalue weighted by molar-refractivity contribution is -0.140. The highest BCUT2D eigenvalue weighted by molar-refractivity contribution is 5.84. The van der Waals surface area contributed by atoms with Crippen LogP contribution in [0.5, 0.6) is 0 Å². The molecule has 8 nitrogen and oxygen atoms in total. The number of para-hydroxylation sites is 1. The molecule has 5 N–H and O–H groups in total. The number of nitrogens with one attached hydrogen (secondary N) is 1. The summed E-state index contributed by atoms with van der Waals surface area (Å²) in [5, 5.41) is 20.3. The zero-order valence-electron chi connectivity index (χ0n) is 11.5. The van der Waals surface area contributed by atoms with Gasteiger partial charge in [-0.2, -0.15) is 0 Å². The van der Waals surface area contributed by atoms with Crippen LogP contribution in [0.3, 0.4) is 0 Å². The van der Waals surface area contributed by atoms with Crippen LogP contribution in [0, 0.1) is 17.8 Å². The quantitative estimate of drug-likeness (QED) is 0.603. The molecular formula is C14H16N2O6. The molecule has 1 aliphatic rings. The molecule has 4 unspecified atom stereocenters. The number of carboxylic acids is 2. The molecule has 0 heterocycles. The fourth-order valence-electron chi connectivity index (χ4n) is 2.46. The summed E-state index contributed by atoms with van der Waals surface area (Å²) in [6, 6.07) is 7.31. The third kappa shape index (κ3) is 3.53. The number of hydrogen-bond acceptors (Lipinski definition) is 5. The smallest absolute Gasteiger partial charge is 0.411 e. The maximum absolute atomic E-state index is 11.6. The summed E-state index contributed by atoms with van der Waals surface area (Å²) in [5.74, 6) is -4.65. The van der Waals surface area contributed by atoms with E-state index in [2.05, 4.69) is 5.32 Å². The molecule has 2 rings (SSSR count). The van der Waals surface area contributed by atoms with E-state index >= 15 is 0 Å². The Kier molecular flexibility index (Phi) is 4.62. The van der Waals surface area contributed by atoms with Crippen molar-refractivity contribution >= 4 is 23.7 Å². The number of carboxylic acid groups (broad SMARTS) is 2. The second-order valence-electron chi connectivity index (χ2n) is 5.06. The molecule has 1 aliphatic carbocycles. The lowest BCUT2D eigenvalue weighted by atomic mass is 10.1. The first kappa shape index (κ1) is 15.8. The normalized spacial score (nSPS) is 24.1. The van der Waals surface area contributed by atoms with E-state index in [1.807, 2.05) is 0 Å². The van der Waals surface area contributed by atoms with E-state index < -0.39 is 41.8 Å². The van der Waals surface area contributed by atoms with Gasteiger partial charge in [-0.15, -0.1) is 0 Å². The molecule has 8 heteroatoms. The Morgan fingerprint density at radius 3 is 2.41 bits per heavy atom. The van der Waals surface area contributed by atoms with E-state index in [9.17, 15) is 14.4 Å². The number of rotatable bonds is 6. The third-order valence-electron chi connectivity index (χ3n) is 3.64. The maximum Gasteiger partial charge on any atom is 0.411 e. The predicted molar refractivity (Wildman–Crippen MR) is 75.1 cm³/mol. The topological polar surface area (TPSA) is 139 Å². The average Bonchev–Trinajstić information content (AvgIpc) is 3.19. The van der Waals surface area contributed by atoms with Gasteiger partial charge in [0, 0.05) is 17.5 Å². The summed E-state index contributed by atoms with van der Waals surface area (Å²) in [7, 11) is 0. The van der Waals surface area contributed by atoms with Crippen molar-refractivity contribution < 1.29 is 29.3 Å². The minimum atomic E-state index is -1.29. The summed E-state index contributed by atoms with van der Waals surface area (Å²) < 4.78 is 4.95.